The van der Waals surface area contributed by atoms with Gasteiger partial charge in [0.1, 0.15) is 0 Å². The molecular weight excluding hydrogens is 445 g/mol. The van der Waals surface area contributed by atoms with E-state index in [1.54, 1.807) is 12.1 Å². The maximum Gasteiger partial charge on any atom is 0.368 e. The van der Waals surface area contributed by atoms with Crippen LogP contribution in [-0.2, 0) is 8.87 Å². The lowest BCUT2D eigenvalue weighted by Crippen LogP contribution is -1.99. The second-order valence-corrected chi connectivity index (χ2v) is 13.1. The van der Waals surface area contributed by atoms with Gasteiger partial charge in [-0.3, -0.25) is 0 Å². The second kappa shape index (κ2) is 5.40. The Kier molecular flexibility index (Phi) is 5.05. The zero-order chi connectivity index (χ0) is 10.8. The highest BCUT2D eigenvalue weighted by atomic mass is 127. The molecule has 0 unspecified atom stereocenters. The van der Waals surface area contributed by atoms with Gasteiger partial charge in [-0.05, 0) is 19.1 Å². The Bertz CT molecular complexity index is 402. The first-order chi connectivity index (χ1) is 6.42. The Labute approximate surface area is 115 Å². The van der Waals surface area contributed by atoms with Gasteiger partial charge in [0.2, 0.25) is 8.87 Å². The van der Waals surface area contributed by atoms with Gasteiger partial charge in [0.05, 0.1) is 4.90 Å². The van der Waals surface area contributed by atoms with E-state index in [1.807, 2.05) is 19.1 Å². The topological polar surface area (TPSA) is 34.1 Å². The third-order valence-corrected chi connectivity index (χ3v) is 8.27. The zero-order valence-electron chi connectivity index (χ0n) is 7.28. The fraction of sp³-hybridized carbons (Fsp3) is 0.143. The van der Waals surface area contributed by atoms with Gasteiger partial charge in [-0.25, -0.2) is 8.42 Å². The molecule has 2 nitrogen and oxygen atoms in total. The zero-order valence-corrected chi connectivity index (χ0v) is 13.2. The van der Waals surface area contributed by atoms with Crippen molar-refractivity contribution in [3.8, 4) is 0 Å². The molecule has 0 aliphatic rings. The Morgan fingerprint density at radius 3 is 2.14 bits per heavy atom. The lowest BCUT2D eigenvalue weighted by Gasteiger charge is -2.03. The SMILES string of the molecule is Cc1ccc(S(=O)(=O)SB(I)I)cc1. The number of benzene rings is 1. The summed E-state index contributed by atoms with van der Waals surface area (Å²) in [5, 5.41) is 0. The van der Waals surface area contributed by atoms with Crippen LogP contribution in [0.15, 0.2) is 29.2 Å². The van der Waals surface area contributed by atoms with E-state index < -0.39 is 8.87 Å². The molecule has 0 aliphatic carbocycles. The first-order valence-electron chi connectivity index (χ1n) is 3.70. The highest BCUT2D eigenvalue weighted by molar-refractivity contribution is 14.3. The molecule has 1 rings (SSSR count). The summed E-state index contributed by atoms with van der Waals surface area (Å²) < 4.78 is 23.4. The Hall–Kier alpha value is 1.04. The summed E-state index contributed by atoms with van der Waals surface area (Å²) in [6.07, 6.45) is 0. The highest BCUT2D eigenvalue weighted by Gasteiger charge is 2.20. The van der Waals surface area contributed by atoms with Crippen LogP contribution in [0.3, 0.4) is 0 Å². The summed E-state index contributed by atoms with van der Waals surface area (Å²) in [6.45, 7) is 1.93. The van der Waals surface area contributed by atoms with E-state index in [2.05, 4.69) is 44.7 Å². The van der Waals surface area contributed by atoms with Crippen molar-refractivity contribution >= 4 is 66.0 Å². The smallest absolute Gasteiger partial charge is 0.213 e. The van der Waals surface area contributed by atoms with Crippen LogP contribution in [-0.4, -0.2) is 10.1 Å². The third kappa shape index (κ3) is 3.89. The Morgan fingerprint density at radius 2 is 1.71 bits per heavy atom. The quantitative estimate of drug-likeness (QED) is 0.402. The molecule has 0 N–H and O–H groups in total. The molecular formula is C7H7BI2O2S2. The van der Waals surface area contributed by atoms with Crippen molar-refractivity contribution in [2.45, 2.75) is 11.8 Å². The van der Waals surface area contributed by atoms with Crippen molar-refractivity contribution in [3.63, 3.8) is 0 Å². The van der Waals surface area contributed by atoms with Gasteiger partial charge in [0.15, 0.2) is 0 Å². The van der Waals surface area contributed by atoms with Crippen LogP contribution < -0.4 is 0 Å². The normalized spacial score (nSPS) is 11.4. The largest absolute Gasteiger partial charge is 0.368 e. The van der Waals surface area contributed by atoms with Gasteiger partial charge in [-0.1, -0.05) is 28.3 Å². The van der Waals surface area contributed by atoms with E-state index in [-0.39, 0.29) is 1.70 Å². The average molecular weight is 452 g/mol. The van der Waals surface area contributed by atoms with Crippen molar-refractivity contribution in [2.75, 3.05) is 0 Å². The maximum absolute atomic E-state index is 11.7. The molecule has 0 saturated carbocycles. The van der Waals surface area contributed by atoms with Crippen LogP contribution in [0.25, 0.3) is 0 Å². The molecule has 0 heterocycles. The second-order valence-electron chi connectivity index (χ2n) is 2.62. The molecule has 1 aromatic carbocycles. The van der Waals surface area contributed by atoms with Crippen LogP contribution >= 0.6 is 55.4 Å². The molecule has 0 radical (unpaired) electrons. The first kappa shape index (κ1) is 13.1. The van der Waals surface area contributed by atoms with E-state index in [0.717, 1.165) is 16.2 Å². The Morgan fingerprint density at radius 1 is 1.21 bits per heavy atom. The van der Waals surface area contributed by atoms with Gasteiger partial charge in [0, 0.05) is 0 Å². The van der Waals surface area contributed by atoms with E-state index in [0.29, 0.717) is 4.90 Å². The molecule has 0 aromatic heterocycles. The van der Waals surface area contributed by atoms with Gasteiger partial charge in [-0.15, -0.1) is 44.7 Å². The number of halogens is 2. The van der Waals surface area contributed by atoms with Crippen molar-refractivity contribution in [1.29, 1.82) is 0 Å². The Balaban J connectivity index is 2.99. The molecule has 0 bridgehead atoms. The van der Waals surface area contributed by atoms with Crippen molar-refractivity contribution < 1.29 is 8.42 Å². The monoisotopic (exact) mass is 452 g/mol. The molecule has 76 valence electrons. The summed E-state index contributed by atoms with van der Waals surface area (Å²) in [6, 6.07) is 6.91. The van der Waals surface area contributed by atoms with Crippen LogP contribution in [0.1, 0.15) is 5.56 Å². The molecule has 1 aromatic rings. The van der Waals surface area contributed by atoms with E-state index in [1.165, 1.54) is 0 Å². The van der Waals surface area contributed by atoms with Crippen LogP contribution in [0.4, 0.5) is 0 Å². The first-order valence-corrected chi connectivity index (χ1v) is 9.07. The molecule has 0 atom stereocenters. The van der Waals surface area contributed by atoms with Gasteiger partial charge >= 0.3 is 1.70 Å². The molecule has 0 saturated heterocycles. The van der Waals surface area contributed by atoms with Crippen molar-refractivity contribution in [3.05, 3.63) is 29.8 Å². The molecule has 0 fully saturated rings. The minimum atomic E-state index is -3.17. The minimum Gasteiger partial charge on any atom is -0.213 e. The number of aryl methyl sites for hydroxylation is 1. The third-order valence-electron chi connectivity index (χ3n) is 1.51. The van der Waals surface area contributed by atoms with Crippen molar-refractivity contribution in [2.24, 2.45) is 0 Å². The predicted octanol–water partition coefficient (Wildman–Crippen LogP) is 3.27. The van der Waals surface area contributed by atoms with E-state index >= 15 is 0 Å². The molecule has 0 amide bonds. The maximum atomic E-state index is 11.7. The van der Waals surface area contributed by atoms with Crippen LogP contribution in [0, 0.1) is 6.92 Å². The number of hydrogen-bond donors (Lipinski definition) is 0. The number of hydrogen-bond acceptors (Lipinski definition) is 3. The van der Waals surface area contributed by atoms with Crippen LogP contribution in [0.2, 0.25) is 0 Å². The van der Waals surface area contributed by atoms with Gasteiger partial charge in [0.25, 0.3) is 0 Å². The predicted molar refractivity (Wildman–Crippen MR) is 79.7 cm³/mol. The van der Waals surface area contributed by atoms with Crippen LogP contribution in [0.5, 0.6) is 0 Å². The molecule has 14 heavy (non-hydrogen) atoms. The fourth-order valence-electron chi connectivity index (χ4n) is 0.856. The van der Waals surface area contributed by atoms with Gasteiger partial charge in [-0.2, -0.15) is 0 Å². The molecule has 0 spiro atoms. The highest BCUT2D eigenvalue weighted by Crippen LogP contribution is 2.31. The summed E-state index contributed by atoms with van der Waals surface area (Å²) in [7, 11) is -2.21. The number of rotatable bonds is 3. The lowest BCUT2D eigenvalue weighted by atomic mass is 10.2. The summed E-state index contributed by atoms with van der Waals surface area (Å²) in [5.74, 6) is 0. The minimum absolute atomic E-state index is 0.0245. The average Bonchev–Trinajstić information content (AvgIpc) is 2.02. The molecule has 7 heteroatoms. The standard InChI is InChI=1S/C7H7BI2O2S2/c1-6-2-4-7(5-3-6)14(11,12)13-8(9)10/h2-5H,1H3. The van der Waals surface area contributed by atoms with Crippen molar-refractivity contribution in [1.82, 2.24) is 0 Å². The fourth-order valence-corrected chi connectivity index (χ4v) is 7.79. The van der Waals surface area contributed by atoms with E-state index in [9.17, 15) is 8.42 Å². The van der Waals surface area contributed by atoms with Gasteiger partial charge < -0.3 is 0 Å². The summed E-state index contributed by atoms with van der Waals surface area (Å²) in [5.41, 5.74) is 1.06. The summed E-state index contributed by atoms with van der Waals surface area (Å²) in [4.78, 5) is 0.381. The summed E-state index contributed by atoms with van der Waals surface area (Å²) >= 11 is 4.14. The molecule has 0 aliphatic heterocycles. The lowest BCUT2D eigenvalue weighted by molar-refractivity contribution is 0.610. The van der Waals surface area contributed by atoms with E-state index in [4.69, 9.17) is 0 Å².